The Hall–Kier alpha value is -3.54. The van der Waals surface area contributed by atoms with E-state index in [1.54, 1.807) is 24.9 Å². The highest BCUT2D eigenvalue weighted by molar-refractivity contribution is 5.64. The number of hydrogen-bond donors (Lipinski definition) is 1. The number of nitrogens with one attached hydrogen (secondary N) is 1. The molecule has 6 heteroatoms. The van der Waals surface area contributed by atoms with Gasteiger partial charge in [-0.1, -0.05) is 6.07 Å². The van der Waals surface area contributed by atoms with E-state index in [-0.39, 0.29) is 0 Å². The summed E-state index contributed by atoms with van der Waals surface area (Å²) >= 11 is 0. The molecule has 0 spiro atoms. The van der Waals surface area contributed by atoms with Gasteiger partial charge in [0.05, 0.1) is 24.2 Å². The van der Waals surface area contributed by atoms with Crippen molar-refractivity contribution in [1.29, 1.82) is 0 Å². The average molecular weight is 329 g/mol. The van der Waals surface area contributed by atoms with Crippen LogP contribution in [0.1, 0.15) is 5.76 Å². The van der Waals surface area contributed by atoms with Gasteiger partial charge in [0.1, 0.15) is 11.6 Å². The molecular weight excluding hydrogens is 314 g/mol. The summed E-state index contributed by atoms with van der Waals surface area (Å²) in [5.74, 6) is 2.13. The molecule has 0 aliphatic heterocycles. The summed E-state index contributed by atoms with van der Waals surface area (Å²) in [4.78, 5) is 17.8. The molecule has 4 rings (SSSR count). The molecule has 0 radical (unpaired) electrons. The van der Waals surface area contributed by atoms with Gasteiger partial charge in [-0.3, -0.25) is 9.97 Å². The maximum absolute atomic E-state index is 5.36. The molecule has 6 nitrogen and oxygen atoms in total. The quantitative estimate of drug-likeness (QED) is 0.600. The van der Waals surface area contributed by atoms with Crippen LogP contribution in [0.5, 0.6) is 0 Å². The molecule has 0 fully saturated rings. The van der Waals surface area contributed by atoms with Gasteiger partial charge in [-0.2, -0.15) is 0 Å². The van der Waals surface area contributed by atoms with Crippen molar-refractivity contribution in [3.8, 4) is 22.8 Å². The van der Waals surface area contributed by atoms with E-state index in [1.807, 2.05) is 48.5 Å². The van der Waals surface area contributed by atoms with Crippen molar-refractivity contribution >= 4 is 5.82 Å². The van der Waals surface area contributed by atoms with Gasteiger partial charge in [0.25, 0.3) is 0 Å². The van der Waals surface area contributed by atoms with Crippen molar-refractivity contribution in [1.82, 2.24) is 19.9 Å². The molecule has 122 valence electrons. The molecular formula is C19H15N5O. The first-order valence-electron chi connectivity index (χ1n) is 7.85. The zero-order valence-electron chi connectivity index (χ0n) is 13.3. The van der Waals surface area contributed by atoms with Crippen LogP contribution in [0.3, 0.4) is 0 Å². The first-order valence-corrected chi connectivity index (χ1v) is 7.85. The van der Waals surface area contributed by atoms with E-state index < -0.39 is 0 Å². The maximum Gasteiger partial charge on any atom is 0.163 e. The van der Waals surface area contributed by atoms with Crippen molar-refractivity contribution in [3.05, 3.63) is 79.1 Å². The number of hydrogen-bond acceptors (Lipinski definition) is 6. The van der Waals surface area contributed by atoms with E-state index in [0.29, 0.717) is 18.2 Å². The number of pyridine rings is 2. The number of furan rings is 1. The Kier molecular flexibility index (Phi) is 4.16. The Morgan fingerprint density at radius 1 is 0.920 bits per heavy atom. The van der Waals surface area contributed by atoms with Crippen molar-refractivity contribution in [2.45, 2.75) is 6.54 Å². The third-order valence-electron chi connectivity index (χ3n) is 3.60. The average Bonchev–Trinajstić information content (AvgIpc) is 3.21. The van der Waals surface area contributed by atoms with Crippen LogP contribution in [0.15, 0.2) is 77.8 Å². The van der Waals surface area contributed by atoms with Gasteiger partial charge in [0, 0.05) is 30.2 Å². The fraction of sp³-hybridized carbons (Fsp3) is 0.0526. The van der Waals surface area contributed by atoms with E-state index in [9.17, 15) is 0 Å². The highest BCUT2D eigenvalue weighted by atomic mass is 16.3. The van der Waals surface area contributed by atoms with Crippen LogP contribution < -0.4 is 5.32 Å². The largest absolute Gasteiger partial charge is 0.467 e. The zero-order valence-corrected chi connectivity index (χ0v) is 13.3. The van der Waals surface area contributed by atoms with Gasteiger partial charge in [0.2, 0.25) is 0 Å². The lowest BCUT2D eigenvalue weighted by atomic mass is 10.2. The second-order valence-electron chi connectivity index (χ2n) is 5.35. The molecule has 0 unspecified atom stereocenters. The van der Waals surface area contributed by atoms with Crippen LogP contribution in [-0.2, 0) is 6.54 Å². The zero-order chi connectivity index (χ0) is 16.9. The van der Waals surface area contributed by atoms with Crippen molar-refractivity contribution in [3.63, 3.8) is 0 Å². The highest BCUT2D eigenvalue weighted by Crippen LogP contribution is 2.23. The predicted octanol–water partition coefficient (Wildman–Crippen LogP) is 3.81. The monoisotopic (exact) mass is 329 g/mol. The Morgan fingerprint density at radius 2 is 1.92 bits per heavy atom. The number of rotatable bonds is 5. The fourth-order valence-corrected chi connectivity index (χ4v) is 2.40. The van der Waals surface area contributed by atoms with Gasteiger partial charge in [0.15, 0.2) is 5.82 Å². The van der Waals surface area contributed by atoms with E-state index in [1.165, 1.54) is 0 Å². The highest BCUT2D eigenvalue weighted by Gasteiger charge is 2.10. The summed E-state index contributed by atoms with van der Waals surface area (Å²) < 4.78 is 5.36. The van der Waals surface area contributed by atoms with Crippen LogP contribution in [0.25, 0.3) is 22.8 Å². The first kappa shape index (κ1) is 15.0. The molecule has 1 N–H and O–H groups in total. The van der Waals surface area contributed by atoms with Gasteiger partial charge < -0.3 is 9.73 Å². The summed E-state index contributed by atoms with van der Waals surface area (Å²) in [5.41, 5.74) is 2.38. The molecule has 0 aliphatic carbocycles. The lowest BCUT2D eigenvalue weighted by Crippen LogP contribution is -2.04. The predicted molar refractivity (Wildman–Crippen MR) is 94.5 cm³/mol. The van der Waals surface area contributed by atoms with Crippen LogP contribution in [0.4, 0.5) is 5.82 Å². The third-order valence-corrected chi connectivity index (χ3v) is 3.60. The van der Waals surface area contributed by atoms with Crippen LogP contribution in [0.2, 0.25) is 0 Å². The summed E-state index contributed by atoms with van der Waals surface area (Å²) in [6.45, 7) is 0.540. The van der Waals surface area contributed by atoms with Crippen molar-refractivity contribution in [2.24, 2.45) is 0 Å². The lowest BCUT2D eigenvalue weighted by Gasteiger charge is -2.09. The normalized spacial score (nSPS) is 10.6. The molecule has 0 atom stereocenters. The molecule has 0 saturated heterocycles. The molecule has 4 aromatic rings. The Morgan fingerprint density at radius 3 is 2.68 bits per heavy atom. The Bertz CT molecular complexity index is 882. The van der Waals surface area contributed by atoms with Crippen molar-refractivity contribution < 1.29 is 4.42 Å². The molecule has 4 heterocycles. The molecule has 25 heavy (non-hydrogen) atoms. The maximum atomic E-state index is 5.36. The lowest BCUT2D eigenvalue weighted by molar-refractivity contribution is 0.518. The summed E-state index contributed by atoms with van der Waals surface area (Å²) in [5, 5.41) is 3.27. The molecule has 0 bridgehead atoms. The summed E-state index contributed by atoms with van der Waals surface area (Å²) in [6, 6.07) is 15.2. The smallest absolute Gasteiger partial charge is 0.163 e. The Labute approximate surface area is 144 Å². The van der Waals surface area contributed by atoms with Crippen LogP contribution in [-0.4, -0.2) is 19.9 Å². The van der Waals surface area contributed by atoms with Gasteiger partial charge >= 0.3 is 0 Å². The summed E-state index contributed by atoms with van der Waals surface area (Å²) in [6.07, 6.45) is 6.87. The standard InChI is InChI=1S/C19H15N5O/c1-2-9-21-16(7-1)17-11-18(22-13-15-6-4-10-25-15)24-19(23-17)14-5-3-8-20-12-14/h1-12H,13H2,(H,22,23,24). The van der Waals surface area contributed by atoms with E-state index in [2.05, 4.69) is 25.3 Å². The van der Waals surface area contributed by atoms with Crippen LogP contribution >= 0.6 is 0 Å². The van der Waals surface area contributed by atoms with Gasteiger partial charge in [-0.15, -0.1) is 0 Å². The minimum Gasteiger partial charge on any atom is -0.467 e. The van der Waals surface area contributed by atoms with Gasteiger partial charge in [-0.05, 0) is 36.4 Å². The Balaban J connectivity index is 1.72. The molecule has 4 aromatic heterocycles. The SMILES string of the molecule is c1ccc(-c2cc(NCc3ccco3)nc(-c3cccnc3)n2)nc1. The molecule has 0 saturated carbocycles. The minimum absolute atomic E-state index is 0.540. The second-order valence-corrected chi connectivity index (χ2v) is 5.35. The fourth-order valence-electron chi connectivity index (χ4n) is 2.40. The van der Waals surface area contributed by atoms with E-state index >= 15 is 0 Å². The number of aromatic nitrogens is 4. The number of anilines is 1. The van der Waals surface area contributed by atoms with E-state index in [0.717, 1.165) is 22.7 Å². The summed E-state index contributed by atoms with van der Waals surface area (Å²) in [7, 11) is 0. The second kappa shape index (κ2) is 6.92. The molecule has 0 aromatic carbocycles. The molecule has 0 amide bonds. The topological polar surface area (TPSA) is 76.7 Å². The van der Waals surface area contributed by atoms with Crippen LogP contribution in [0, 0.1) is 0 Å². The first-order chi connectivity index (χ1) is 12.4. The minimum atomic E-state index is 0.540. The number of nitrogens with zero attached hydrogens (tertiary/aromatic N) is 4. The van der Waals surface area contributed by atoms with E-state index in [4.69, 9.17) is 4.42 Å². The van der Waals surface area contributed by atoms with Crippen molar-refractivity contribution in [2.75, 3.05) is 5.32 Å². The third kappa shape index (κ3) is 3.53. The van der Waals surface area contributed by atoms with Gasteiger partial charge in [-0.25, -0.2) is 9.97 Å². The molecule has 0 aliphatic rings.